The van der Waals surface area contributed by atoms with Gasteiger partial charge in [-0.3, -0.25) is 4.57 Å². The van der Waals surface area contributed by atoms with Crippen molar-refractivity contribution in [3.8, 4) is 5.75 Å². The summed E-state index contributed by atoms with van der Waals surface area (Å²) in [7, 11) is 0. The van der Waals surface area contributed by atoms with Gasteiger partial charge in [0.2, 0.25) is 0 Å². The first-order valence-corrected chi connectivity index (χ1v) is 9.27. The second-order valence-electron chi connectivity index (χ2n) is 4.94. The molecule has 1 heterocycles. The summed E-state index contributed by atoms with van der Waals surface area (Å²) in [6.45, 7) is 6.41. The zero-order chi connectivity index (χ0) is 19.5. The lowest BCUT2D eigenvalue weighted by Gasteiger charge is -2.22. The highest BCUT2D eigenvalue weighted by atomic mass is 35.5. The number of hydrogen-bond donors (Lipinski definition) is 0. The predicted octanol–water partition coefficient (Wildman–Crippen LogP) is 5.97. The average molecular weight is 439 g/mol. The summed E-state index contributed by atoms with van der Waals surface area (Å²) in [5.41, 5.74) is 1.22. The summed E-state index contributed by atoms with van der Waals surface area (Å²) in [5.74, 6) is 0.365. The van der Waals surface area contributed by atoms with Gasteiger partial charge in [0.1, 0.15) is 12.9 Å². The molecule has 0 unspecified atom stereocenters. The highest BCUT2D eigenvalue weighted by Gasteiger charge is 2.15. The van der Waals surface area contributed by atoms with Gasteiger partial charge in [-0.2, -0.15) is 0 Å². The van der Waals surface area contributed by atoms with Crippen LogP contribution in [-0.2, 0) is 0 Å². The summed E-state index contributed by atoms with van der Waals surface area (Å²) in [6.07, 6.45) is 5.48. The van der Waals surface area contributed by atoms with Crippen LogP contribution >= 0.6 is 46.4 Å². The topological polar surface area (TPSA) is 47.4 Å². The number of benzene rings is 1. The number of imidazole rings is 1. The van der Waals surface area contributed by atoms with Crippen LogP contribution in [0, 0.1) is 0 Å². The van der Waals surface area contributed by atoms with Crippen LogP contribution in [0.25, 0.3) is 0 Å². The van der Waals surface area contributed by atoms with Gasteiger partial charge in [0.25, 0.3) is 0 Å². The highest BCUT2D eigenvalue weighted by molar-refractivity contribution is 6.40. The molecule has 0 saturated heterocycles. The Morgan fingerprint density at radius 3 is 2.42 bits per heavy atom. The number of carbonyl (C=O) groups excluding carboxylic acids is 1. The van der Waals surface area contributed by atoms with Gasteiger partial charge in [0.15, 0.2) is 5.75 Å². The van der Waals surface area contributed by atoms with Crippen LogP contribution in [0.1, 0.15) is 13.3 Å². The van der Waals surface area contributed by atoms with Crippen molar-refractivity contribution in [2.45, 2.75) is 13.3 Å². The first-order valence-electron chi connectivity index (χ1n) is 7.70. The van der Waals surface area contributed by atoms with Gasteiger partial charge < -0.3 is 9.64 Å². The van der Waals surface area contributed by atoms with Gasteiger partial charge in [0.05, 0.1) is 16.6 Å². The smallest absolute Gasteiger partial charge is 0.329 e. The fourth-order valence-electron chi connectivity index (χ4n) is 2.03. The van der Waals surface area contributed by atoms with Crippen LogP contribution in [-0.4, -0.2) is 40.2 Å². The molecular formula is C17H19Cl4N3O2. The summed E-state index contributed by atoms with van der Waals surface area (Å²) in [4.78, 5) is 17.9. The van der Waals surface area contributed by atoms with Crippen molar-refractivity contribution in [3.63, 3.8) is 0 Å². The van der Waals surface area contributed by atoms with E-state index in [1.807, 2.05) is 6.92 Å². The Balaban J connectivity index is 0.00000105. The van der Waals surface area contributed by atoms with Crippen LogP contribution in [0.3, 0.4) is 0 Å². The Morgan fingerprint density at radius 2 is 1.92 bits per heavy atom. The number of amides is 1. The van der Waals surface area contributed by atoms with E-state index in [1.54, 1.807) is 29.4 Å². The Bertz CT molecular complexity index is 685. The van der Waals surface area contributed by atoms with Gasteiger partial charge in [-0.25, -0.2) is 9.78 Å². The molecule has 0 fully saturated rings. The van der Waals surface area contributed by atoms with Gasteiger partial charge in [0, 0.05) is 24.0 Å². The molecule has 1 aromatic heterocycles. The van der Waals surface area contributed by atoms with Crippen LogP contribution < -0.4 is 4.74 Å². The molecule has 5 nitrogen and oxygen atoms in total. The second kappa shape index (κ2) is 12.1. The Labute approximate surface area is 173 Å². The predicted molar refractivity (Wildman–Crippen MR) is 108 cm³/mol. The normalized spacial score (nSPS) is 9.88. The monoisotopic (exact) mass is 437 g/mol. The Hall–Kier alpha value is -1.40. The molecule has 0 N–H and O–H groups in total. The SMILES string of the molecule is C=CCl.CCCN(CCOc1c(Cl)cc(Cl)cc1Cl)C(=O)n1ccnc1. The summed E-state index contributed by atoms with van der Waals surface area (Å²) in [6, 6.07) is 2.97. The van der Waals surface area contributed by atoms with Crippen molar-refractivity contribution in [2.75, 3.05) is 19.7 Å². The van der Waals surface area contributed by atoms with E-state index in [0.717, 1.165) is 6.42 Å². The molecule has 2 rings (SSSR count). The van der Waals surface area contributed by atoms with Crippen LogP contribution in [0.15, 0.2) is 43.0 Å². The summed E-state index contributed by atoms with van der Waals surface area (Å²) in [5, 5.41) is 1.12. The van der Waals surface area contributed by atoms with Crippen molar-refractivity contribution < 1.29 is 9.53 Å². The maximum atomic E-state index is 12.3. The van der Waals surface area contributed by atoms with E-state index in [4.69, 9.17) is 51.1 Å². The molecule has 1 amide bonds. The van der Waals surface area contributed by atoms with Gasteiger partial charge >= 0.3 is 6.03 Å². The zero-order valence-corrected chi connectivity index (χ0v) is 17.2. The molecule has 0 aliphatic rings. The maximum absolute atomic E-state index is 12.3. The molecular weight excluding hydrogens is 420 g/mol. The standard InChI is InChI=1S/C15H16Cl3N3O2.C2H3Cl/c1-2-4-20(15(22)21-5-3-19-10-21)6-7-23-14-12(17)8-11(16)9-13(14)18;1-2-3/h3,5,8-10H,2,4,6-7H2,1H3;2H,1H2. The van der Waals surface area contributed by atoms with Gasteiger partial charge in [-0.05, 0) is 24.1 Å². The fourth-order valence-corrected chi connectivity index (χ4v) is 2.96. The Morgan fingerprint density at radius 1 is 1.31 bits per heavy atom. The molecule has 2 aromatic rings. The van der Waals surface area contributed by atoms with Gasteiger partial charge in [-0.15, -0.1) is 0 Å². The van der Waals surface area contributed by atoms with Crippen LogP contribution in [0.2, 0.25) is 15.1 Å². The van der Waals surface area contributed by atoms with E-state index >= 15 is 0 Å². The number of nitrogens with zero attached hydrogens (tertiary/aromatic N) is 3. The van der Waals surface area contributed by atoms with Crippen molar-refractivity contribution in [1.82, 2.24) is 14.5 Å². The lowest BCUT2D eigenvalue weighted by atomic mass is 10.3. The minimum absolute atomic E-state index is 0.152. The highest BCUT2D eigenvalue weighted by Crippen LogP contribution is 2.35. The molecule has 0 spiro atoms. The van der Waals surface area contributed by atoms with E-state index in [0.29, 0.717) is 33.9 Å². The van der Waals surface area contributed by atoms with Crippen LogP contribution in [0.5, 0.6) is 5.75 Å². The number of rotatable bonds is 6. The zero-order valence-electron chi connectivity index (χ0n) is 14.2. The molecule has 142 valence electrons. The third-order valence-corrected chi connectivity index (χ3v) is 3.84. The Kier molecular flexibility index (Phi) is 10.5. The van der Waals surface area contributed by atoms with E-state index in [1.165, 1.54) is 16.4 Å². The van der Waals surface area contributed by atoms with Crippen molar-refractivity contribution in [1.29, 1.82) is 0 Å². The largest absolute Gasteiger partial charge is 0.489 e. The van der Waals surface area contributed by atoms with Crippen molar-refractivity contribution in [3.05, 3.63) is 58.0 Å². The number of ether oxygens (including phenoxy) is 1. The minimum Gasteiger partial charge on any atom is -0.489 e. The van der Waals surface area contributed by atoms with Crippen molar-refractivity contribution in [2.24, 2.45) is 0 Å². The molecule has 26 heavy (non-hydrogen) atoms. The minimum atomic E-state index is -0.152. The lowest BCUT2D eigenvalue weighted by molar-refractivity contribution is 0.184. The average Bonchev–Trinajstić information content (AvgIpc) is 3.10. The number of carbonyl (C=O) groups is 1. The second-order valence-corrected chi connectivity index (χ2v) is 6.50. The van der Waals surface area contributed by atoms with E-state index < -0.39 is 0 Å². The summed E-state index contributed by atoms with van der Waals surface area (Å²) < 4.78 is 7.05. The molecule has 1 aromatic carbocycles. The summed E-state index contributed by atoms with van der Waals surface area (Å²) >= 11 is 22.8. The quantitative estimate of drug-likeness (QED) is 0.557. The lowest BCUT2D eigenvalue weighted by Crippen LogP contribution is -2.37. The molecule has 0 bridgehead atoms. The van der Waals surface area contributed by atoms with Crippen LogP contribution in [0.4, 0.5) is 4.79 Å². The third-order valence-electron chi connectivity index (χ3n) is 3.06. The maximum Gasteiger partial charge on any atom is 0.329 e. The number of hydrogen-bond acceptors (Lipinski definition) is 3. The fraction of sp³-hybridized carbons (Fsp3) is 0.294. The molecule has 9 heteroatoms. The molecule has 0 atom stereocenters. The van der Waals surface area contributed by atoms with E-state index in [2.05, 4.69) is 11.6 Å². The first-order chi connectivity index (χ1) is 12.4. The van der Waals surface area contributed by atoms with E-state index in [-0.39, 0.29) is 12.6 Å². The molecule has 0 aliphatic heterocycles. The molecule has 0 saturated carbocycles. The number of halogens is 4. The molecule has 0 radical (unpaired) electrons. The van der Waals surface area contributed by atoms with Gasteiger partial charge in [-0.1, -0.05) is 59.9 Å². The van der Waals surface area contributed by atoms with E-state index in [9.17, 15) is 4.79 Å². The molecule has 0 aliphatic carbocycles. The first kappa shape index (κ1) is 22.6. The van der Waals surface area contributed by atoms with Crippen molar-refractivity contribution >= 4 is 52.4 Å². The number of aromatic nitrogens is 2. The third kappa shape index (κ3) is 7.08.